The average molecular weight is 491 g/mol. The summed E-state index contributed by atoms with van der Waals surface area (Å²) in [5.74, 6) is -5.40. The molecule has 0 saturated carbocycles. The zero-order valence-corrected chi connectivity index (χ0v) is 18.8. The summed E-state index contributed by atoms with van der Waals surface area (Å²) in [4.78, 5) is 38.4. The van der Waals surface area contributed by atoms with Crippen LogP contribution in [0.3, 0.4) is 0 Å². The van der Waals surface area contributed by atoms with Crippen LogP contribution in [0.15, 0.2) is 53.0 Å². The number of hydrogen-bond acceptors (Lipinski definition) is 9. The van der Waals surface area contributed by atoms with Crippen LogP contribution < -0.4 is 15.2 Å². The number of fused-ring (bicyclic) bond motifs is 4. The largest absolute Gasteiger partial charge is 0.511 e. The van der Waals surface area contributed by atoms with E-state index in [2.05, 4.69) is 0 Å². The van der Waals surface area contributed by atoms with Gasteiger partial charge in [-0.15, -0.1) is 0 Å². The Morgan fingerprint density at radius 2 is 1.78 bits per heavy atom. The van der Waals surface area contributed by atoms with Gasteiger partial charge in [0.05, 0.1) is 5.56 Å². The van der Waals surface area contributed by atoms with Crippen molar-refractivity contribution in [1.29, 1.82) is 0 Å². The molecule has 0 saturated heterocycles. The number of primary amides is 1. The van der Waals surface area contributed by atoms with Crippen molar-refractivity contribution >= 4 is 17.5 Å². The summed E-state index contributed by atoms with van der Waals surface area (Å²) in [7, 11) is 0. The number of nitrogens with two attached hydrogens (primary N) is 1. The highest BCUT2D eigenvalue weighted by Crippen LogP contribution is 2.52. The van der Waals surface area contributed by atoms with Crippen LogP contribution in [-0.4, -0.2) is 50.3 Å². The van der Waals surface area contributed by atoms with Gasteiger partial charge in [0.2, 0.25) is 12.6 Å². The third-order valence-corrected chi connectivity index (χ3v) is 7.63. The molecule has 0 radical (unpaired) electrons. The smallest absolute Gasteiger partial charge is 0.255 e. The Labute approximate surface area is 203 Å². The lowest BCUT2D eigenvalue weighted by atomic mass is 9.60. The lowest BCUT2D eigenvalue weighted by Crippen LogP contribution is -2.57. The van der Waals surface area contributed by atoms with Crippen molar-refractivity contribution in [2.75, 3.05) is 6.79 Å². The van der Waals surface area contributed by atoms with Crippen LogP contribution in [0.25, 0.3) is 11.1 Å². The Kier molecular flexibility index (Phi) is 4.52. The van der Waals surface area contributed by atoms with Gasteiger partial charge in [-0.25, -0.2) is 0 Å². The number of aliphatic hydroxyl groups is 3. The van der Waals surface area contributed by atoms with Gasteiger partial charge in [-0.3, -0.25) is 14.4 Å². The van der Waals surface area contributed by atoms with Crippen molar-refractivity contribution in [2.45, 2.75) is 24.9 Å². The van der Waals surface area contributed by atoms with E-state index in [0.29, 0.717) is 22.6 Å². The van der Waals surface area contributed by atoms with Gasteiger partial charge in [0.25, 0.3) is 5.91 Å². The molecule has 0 spiro atoms. The highest BCUT2D eigenvalue weighted by atomic mass is 16.7. The van der Waals surface area contributed by atoms with Crippen molar-refractivity contribution in [3.05, 3.63) is 64.1 Å². The average Bonchev–Trinajstić information content (AvgIpc) is 3.29. The van der Waals surface area contributed by atoms with Crippen LogP contribution >= 0.6 is 0 Å². The number of ketones is 2. The molecule has 36 heavy (non-hydrogen) atoms. The first-order valence-corrected chi connectivity index (χ1v) is 11.3. The SMILES string of the molecule is NC(=O)C1=C(O)C[C@@H]2C[C@@H]3Cc4c(-c5ccc6c(c5)OCO6)ccc(O)c4C(=O)C3=C(O)C2(O)C1=O. The number of phenols is 1. The number of carbonyl (C=O) groups is 3. The van der Waals surface area contributed by atoms with E-state index < -0.39 is 52.0 Å². The maximum absolute atomic E-state index is 13.7. The highest BCUT2D eigenvalue weighted by molar-refractivity contribution is 6.24. The Morgan fingerprint density at radius 1 is 1.03 bits per heavy atom. The maximum Gasteiger partial charge on any atom is 0.255 e. The molecule has 1 amide bonds. The molecule has 2 aromatic rings. The molecule has 6 N–H and O–H groups in total. The molecular formula is C26H21NO9. The highest BCUT2D eigenvalue weighted by Gasteiger charge is 2.59. The Morgan fingerprint density at radius 3 is 2.53 bits per heavy atom. The third-order valence-electron chi connectivity index (χ3n) is 7.63. The molecule has 10 heteroatoms. The van der Waals surface area contributed by atoms with Crippen molar-refractivity contribution in [3.63, 3.8) is 0 Å². The topological polar surface area (TPSA) is 177 Å². The minimum atomic E-state index is -2.58. The van der Waals surface area contributed by atoms with Crippen molar-refractivity contribution in [2.24, 2.45) is 17.6 Å². The number of Topliss-reactive ketones (excluding diaryl/α,β-unsaturated/α-hetero) is 2. The number of ether oxygens (including phenoxy) is 2. The molecule has 0 bridgehead atoms. The number of hydrogen-bond donors (Lipinski definition) is 5. The number of amides is 1. The minimum Gasteiger partial charge on any atom is -0.511 e. The van der Waals surface area contributed by atoms with Crippen molar-refractivity contribution in [1.82, 2.24) is 0 Å². The number of aromatic hydroxyl groups is 1. The standard InChI is InChI=1S/C26H21NO9/c27-25(33)21-16(29)8-12-5-11-6-14-13(10-1-4-17-18(7-10)36-9-35-17)2-3-15(28)20(14)22(30)19(11)23(31)26(12,34)24(21)32/h1-4,7,11-12,28-29,31,34H,5-6,8-9H2,(H2,27,33)/t11-,12+,26?/m1/s1. The van der Waals surface area contributed by atoms with E-state index in [1.807, 2.05) is 0 Å². The second-order valence-corrected chi connectivity index (χ2v) is 9.46. The van der Waals surface area contributed by atoms with Crippen LogP contribution in [0.1, 0.15) is 28.8 Å². The second-order valence-electron chi connectivity index (χ2n) is 9.46. The van der Waals surface area contributed by atoms with Crippen LogP contribution in [0.5, 0.6) is 17.2 Å². The molecule has 1 unspecified atom stereocenters. The normalized spacial score (nSPS) is 26.5. The van der Waals surface area contributed by atoms with Crippen LogP contribution in [0.4, 0.5) is 0 Å². The molecule has 3 aliphatic carbocycles. The van der Waals surface area contributed by atoms with Crippen LogP contribution in [0.2, 0.25) is 0 Å². The summed E-state index contributed by atoms with van der Waals surface area (Å²) < 4.78 is 10.8. The fraction of sp³-hybridized carbons (Fsp3) is 0.269. The summed E-state index contributed by atoms with van der Waals surface area (Å²) in [6, 6.07) is 8.38. The maximum atomic E-state index is 13.7. The Hall–Kier alpha value is -4.31. The van der Waals surface area contributed by atoms with Gasteiger partial charge in [-0.2, -0.15) is 0 Å². The van der Waals surface area contributed by atoms with Crippen molar-refractivity contribution < 1.29 is 44.3 Å². The van der Waals surface area contributed by atoms with Gasteiger partial charge >= 0.3 is 0 Å². The first-order valence-electron chi connectivity index (χ1n) is 11.3. The molecule has 0 aromatic heterocycles. The summed E-state index contributed by atoms with van der Waals surface area (Å²) in [5, 5.41) is 43.3. The fourth-order valence-electron chi connectivity index (χ4n) is 5.95. The van der Waals surface area contributed by atoms with Gasteiger partial charge in [0.1, 0.15) is 22.8 Å². The number of carbonyl (C=O) groups excluding carboxylic acids is 3. The molecule has 4 aliphatic rings. The molecule has 10 nitrogen and oxygen atoms in total. The van der Waals surface area contributed by atoms with E-state index in [9.17, 15) is 34.8 Å². The molecule has 1 heterocycles. The number of phenolic OH excluding ortho intramolecular Hbond substituents is 1. The third kappa shape index (κ3) is 2.78. The van der Waals surface area contributed by atoms with Crippen molar-refractivity contribution in [3.8, 4) is 28.4 Å². The van der Waals surface area contributed by atoms with Gasteiger partial charge in [-0.1, -0.05) is 12.1 Å². The van der Waals surface area contributed by atoms with E-state index in [-0.39, 0.29) is 42.9 Å². The molecule has 184 valence electrons. The molecule has 2 aromatic carbocycles. The summed E-state index contributed by atoms with van der Waals surface area (Å²) >= 11 is 0. The lowest BCUT2D eigenvalue weighted by molar-refractivity contribution is -0.144. The number of allylic oxidation sites excluding steroid dienone is 2. The Balaban J connectivity index is 1.50. The van der Waals surface area contributed by atoms with E-state index in [4.69, 9.17) is 15.2 Å². The summed E-state index contributed by atoms with van der Waals surface area (Å²) in [6.45, 7) is 0.0994. The lowest BCUT2D eigenvalue weighted by Gasteiger charge is -2.45. The van der Waals surface area contributed by atoms with E-state index in [1.165, 1.54) is 6.07 Å². The predicted octanol–water partition coefficient (Wildman–Crippen LogP) is 1.98. The predicted molar refractivity (Wildman–Crippen MR) is 122 cm³/mol. The first-order chi connectivity index (χ1) is 17.1. The first kappa shape index (κ1) is 22.2. The number of benzene rings is 2. The van der Waals surface area contributed by atoms with Gasteiger partial charge in [0, 0.05) is 17.9 Å². The zero-order chi connectivity index (χ0) is 25.5. The van der Waals surface area contributed by atoms with Gasteiger partial charge in [0.15, 0.2) is 22.9 Å². The minimum absolute atomic E-state index is 0.0400. The molecular weight excluding hydrogens is 470 g/mol. The molecule has 1 aliphatic heterocycles. The molecule has 0 fully saturated rings. The van der Waals surface area contributed by atoms with E-state index in [1.54, 1.807) is 24.3 Å². The fourth-order valence-corrected chi connectivity index (χ4v) is 5.95. The van der Waals surface area contributed by atoms with Crippen LogP contribution in [-0.2, 0) is 16.0 Å². The van der Waals surface area contributed by atoms with E-state index in [0.717, 1.165) is 5.56 Å². The van der Waals surface area contributed by atoms with Gasteiger partial charge < -0.3 is 35.6 Å². The van der Waals surface area contributed by atoms with Crippen LogP contribution in [0, 0.1) is 11.8 Å². The Bertz CT molecular complexity index is 1470. The second kappa shape index (κ2) is 7.34. The summed E-state index contributed by atoms with van der Waals surface area (Å²) in [5.41, 5.74) is 3.55. The molecule has 3 atom stereocenters. The monoisotopic (exact) mass is 491 g/mol. The quantitative estimate of drug-likeness (QED) is 0.393. The number of aliphatic hydroxyl groups excluding tert-OH is 2. The zero-order valence-electron chi connectivity index (χ0n) is 18.8. The van der Waals surface area contributed by atoms with E-state index >= 15 is 0 Å². The summed E-state index contributed by atoms with van der Waals surface area (Å²) in [6.07, 6.45) is 0.0101. The number of rotatable bonds is 2. The van der Waals surface area contributed by atoms with Gasteiger partial charge in [-0.05, 0) is 53.6 Å². The molecule has 6 rings (SSSR count).